The number of carbonyl (C=O) groups excluding carboxylic acids is 2. The van der Waals surface area contributed by atoms with Gasteiger partial charge < -0.3 is 9.97 Å². The fourth-order valence-electron chi connectivity index (χ4n) is 3.99. The van der Waals surface area contributed by atoms with Crippen LogP contribution < -0.4 is 5.32 Å². The molecule has 3 heterocycles. The molecule has 27 heavy (non-hydrogen) atoms. The summed E-state index contributed by atoms with van der Waals surface area (Å²) in [6.45, 7) is 4.03. The van der Waals surface area contributed by atoms with Crippen molar-refractivity contribution < 1.29 is 9.59 Å². The van der Waals surface area contributed by atoms with Crippen molar-refractivity contribution in [2.24, 2.45) is 0 Å². The van der Waals surface area contributed by atoms with Crippen molar-refractivity contribution in [2.45, 2.75) is 13.8 Å². The third kappa shape index (κ3) is 2.11. The lowest BCUT2D eigenvalue weighted by atomic mass is 9.95. The Hall–Kier alpha value is -3.60. The van der Waals surface area contributed by atoms with Crippen molar-refractivity contribution in [3.05, 3.63) is 71.0 Å². The number of nitrogens with one attached hydrogen (secondary N) is 3. The summed E-state index contributed by atoms with van der Waals surface area (Å²) in [6.07, 6.45) is 3.62. The number of hydrogen-bond acceptors (Lipinski definition) is 2. The molecule has 2 aromatic heterocycles. The molecule has 5 nitrogen and oxygen atoms in total. The Balaban J connectivity index is 1.85. The van der Waals surface area contributed by atoms with E-state index in [1.807, 2.05) is 62.6 Å². The molecular weight excluding hydrogens is 338 g/mol. The first-order chi connectivity index (χ1) is 13.1. The van der Waals surface area contributed by atoms with E-state index in [2.05, 4.69) is 15.3 Å². The quantitative estimate of drug-likeness (QED) is 0.478. The van der Waals surface area contributed by atoms with Crippen molar-refractivity contribution >= 4 is 44.8 Å². The van der Waals surface area contributed by atoms with Crippen LogP contribution in [-0.2, 0) is 9.59 Å². The first-order valence-corrected chi connectivity index (χ1v) is 8.80. The summed E-state index contributed by atoms with van der Waals surface area (Å²) < 4.78 is 0. The zero-order chi connectivity index (χ0) is 18.7. The molecule has 0 fully saturated rings. The molecule has 2 amide bonds. The number of aryl methyl sites for hydroxylation is 2. The van der Waals surface area contributed by atoms with Gasteiger partial charge in [-0.3, -0.25) is 14.9 Å². The van der Waals surface area contributed by atoms with Crippen LogP contribution in [0.15, 0.2) is 48.8 Å². The standard InChI is InChI=1S/C22H17N3O2/c1-11-5-3-7-13-15(9-23-19(11)13)17-18(22(27)25-21(17)26)16-10-24-20-12(2)6-4-8-14(16)20/h3-10,23-24H,1-2H3,(H,25,26,27). The molecule has 5 rings (SSSR count). The molecule has 0 spiro atoms. The van der Waals surface area contributed by atoms with Crippen LogP contribution >= 0.6 is 0 Å². The maximum Gasteiger partial charge on any atom is 0.259 e. The molecule has 0 saturated carbocycles. The number of hydrogen-bond donors (Lipinski definition) is 3. The van der Waals surface area contributed by atoms with E-state index in [0.29, 0.717) is 11.1 Å². The van der Waals surface area contributed by atoms with Crippen molar-refractivity contribution in [3.8, 4) is 0 Å². The summed E-state index contributed by atoms with van der Waals surface area (Å²) >= 11 is 0. The lowest BCUT2D eigenvalue weighted by Gasteiger charge is -2.04. The molecule has 0 unspecified atom stereocenters. The Morgan fingerprint density at radius 2 is 1.11 bits per heavy atom. The predicted molar refractivity (Wildman–Crippen MR) is 106 cm³/mol. The number of rotatable bonds is 2. The predicted octanol–water partition coefficient (Wildman–Crippen LogP) is 3.83. The van der Waals surface area contributed by atoms with Crippen LogP contribution in [-0.4, -0.2) is 21.8 Å². The van der Waals surface area contributed by atoms with Gasteiger partial charge in [0, 0.05) is 45.3 Å². The van der Waals surface area contributed by atoms with Gasteiger partial charge in [0.2, 0.25) is 0 Å². The van der Waals surface area contributed by atoms with Gasteiger partial charge >= 0.3 is 0 Å². The second-order valence-electron chi connectivity index (χ2n) is 6.93. The zero-order valence-electron chi connectivity index (χ0n) is 14.9. The Labute approximate surface area is 155 Å². The second-order valence-corrected chi connectivity index (χ2v) is 6.93. The van der Waals surface area contributed by atoms with E-state index in [1.165, 1.54) is 0 Å². The van der Waals surface area contributed by atoms with E-state index < -0.39 is 0 Å². The van der Waals surface area contributed by atoms with Gasteiger partial charge in [0.1, 0.15) is 0 Å². The summed E-state index contributed by atoms with van der Waals surface area (Å²) in [4.78, 5) is 31.9. The Morgan fingerprint density at radius 1 is 0.667 bits per heavy atom. The van der Waals surface area contributed by atoms with Gasteiger partial charge in [-0.25, -0.2) is 0 Å². The Kier molecular flexibility index (Phi) is 3.15. The van der Waals surface area contributed by atoms with E-state index >= 15 is 0 Å². The molecule has 4 aromatic rings. The molecule has 5 heteroatoms. The van der Waals surface area contributed by atoms with Crippen LogP contribution in [0.25, 0.3) is 33.0 Å². The van der Waals surface area contributed by atoms with Crippen LogP contribution in [0.4, 0.5) is 0 Å². The minimum absolute atomic E-state index is 0.362. The number of amides is 2. The van der Waals surface area contributed by atoms with Crippen LogP contribution in [0, 0.1) is 13.8 Å². The van der Waals surface area contributed by atoms with Gasteiger partial charge in [-0.05, 0) is 25.0 Å². The van der Waals surface area contributed by atoms with Crippen molar-refractivity contribution in [1.29, 1.82) is 0 Å². The third-order valence-corrected chi connectivity index (χ3v) is 5.32. The highest BCUT2D eigenvalue weighted by molar-refractivity contribution is 6.50. The molecular formula is C22H17N3O2. The molecule has 0 radical (unpaired) electrons. The number of carbonyl (C=O) groups is 2. The molecule has 1 aliphatic heterocycles. The van der Waals surface area contributed by atoms with E-state index in [4.69, 9.17) is 0 Å². The zero-order valence-corrected chi connectivity index (χ0v) is 14.9. The number of imide groups is 1. The highest BCUT2D eigenvalue weighted by atomic mass is 16.2. The molecule has 0 saturated heterocycles. The highest BCUT2D eigenvalue weighted by Gasteiger charge is 2.34. The molecule has 2 aromatic carbocycles. The second kappa shape index (κ2) is 5.45. The summed E-state index contributed by atoms with van der Waals surface area (Å²) in [5.41, 5.74) is 6.45. The topological polar surface area (TPSA) is 77.8 Å². The number of aromatic amines is 2. The Morgan fingerprint density at radius 3 is 1.56 bits per heavy atom. The van der Waals surface area contributed by atoms with E-state index in [1.54, 1.807) is 0 Å². The average Bonchev–Trinajstić information content (AvgIpc) is 3.31. The van der Waals surface area contributed by atoms with E-state index in [-0.39, 0.29) is 11.8 Å². The number of fused-ring (bicyclic) bond motifs is 2. The summed E-state index contributed by atoms with van der Waals surface area (Å²) in [5, 5.41) is 4.34. The largest absolute Gasteiger partial charge is 0.360 e. The normalized spacial score (nSPS) is 14.6. The van der Waals surface area contributed by atoms with Crippen LogP contribution in [0.5, 0.6) is 0 Å². The SMILES string of the molecule is Cc1cccc2c(C3=C(c4c[nH]c5c(C)cccc45)C(=O)NC3=O)c[nH]c12. The molecule has 0 atom stereocenters. The molecule has 3 N–H and O–H groups in total. The third-order valence-electron chi connectivity index (χ3n) is 5.32. The molecule has 0 bridgehead atoms. The maximum atomic E-state index is 12.7. The summed E-state index contributed by atoms with van der Waals surface area (Å²) in [6, 6.07) is 11.9. The van der Waals surface area contributed by atoms with Crippen LogP contribution in [0.1, 0.15) is 22.3 Å². The monoisotopic (exact) mass is 355 g/mol. The Bertz CT molecular complexity index is 1200. The number of H-pyrrole nitrogens is 2. The smallest absolute Gasteiger partial charge is 0.259 e. The maximum absolute atomic E-state index is 12.7. The van der Waals surface area contributed by atoms with Gasteiger partial charge in [-0.1, -0.05) is 36.4 Å². The van der Waals surface area contributed by atoms with E-state index in [0.717, 1.165) is 44.1 Å². The minimum Gasteiger partial charge on any atom is -0.360 e. The van der Waals surface area contributed by atoms with Crippen molar-refractivity contribution in [3.63, 3.8) is 0 Å². The average molecular weight is 355 g/mol. The molecule has 132 valence electrons. The first-order valence-electron chi connectivity index (χ1n) is 8.80. The van der Waals surface area contributed by atoms with Crippen LogP contribution in [0.3, 0.4) is 0 Å². The van der Waals surface area contributed by atoms with Crippen LogP contribution in [0.2, 0.25) is 0 Å². The molecule has 0 aliphatic carbocycles. The number of benzene rings is 2. The van der Waals surface area contributed by atoms with Crippen molar-refractivity contribution in [2.75, 3.05) is 0 Å². The van der Waals surface area contributed by atoms with Crippen molar-refractivity contribution in [1.82, 2.24) is 15.3 Å². The minimum atomic E-state index is -0.362. The molecule has 1 aliphatic rings. The van der Waals surface area contributed by atoms with Gasteiger partial charge in [-0.15, -0.1) is 0 Å². The fourth-order valence-corrected chi connectivity index (χ4v) is 3.99. The van der Waals surface area contributed by atoms with Gasteiger partial charge in [0.25, 0.3) is 11.8 Å². The fraction of sp³-hybridized carbons (Fsp3) is 0.0909. The van der Waals surface area contributed by atoms with Gasteiger partial charge in [-0.2, -0.15) is 0 Å². The van der Waals surface area contributed by atoms with Gasteiger partial charge in [0.15, 0.2) is 0 Å². The first kappa shape index (κ1) is 15.6. The number of aromatic nitrogens is 2. The summed E-state index contributed by atoms with van der Waals surface area (Å²) in [7, 11) is 0. The summed E-state index contributed by atoms with van der Waals surface area (Å²) in [5.74, 6) is -0.723. The van der Waals surface area contributed by atoms with E-state index in [9.17, 15) is 9.59 Å². The number of para-hydroxylation sites is 2. The lowest BCUT2D eigenvalue weighted by molar-refractivity contribution is -0.122. The highest BCUT2D eigenvalue weighted by Crippen LogP contribution is 2.38. The van der Waals surface area contributed by atoms with Gasteiger partial charge in [0.05, 0.1) is 11.1 Å². The lowest BCUT2D eigenvalue weighted by Crippen LogP contribution is -2.22.